The molecule has 0 atom stereocenters. The van der Waals surface area contributed by atoms with E-state index < -0.39 is 10.8 Å². The van der Waals surface area contributed by atoms with Crippen molar-refractivity contribution < 1.29 is 18.6 Å². The van der Waals surface area contributed by atoms with Crippen LogP contribution in [0, 0.1) is 0 Å². The maximum atomic E-state index is 12.2. The minimum Gasteiger partial charge on any atom is -0.497 e. The number of carbonyl (C=O) groups excluding carboxylic acids is 1. The van der Waals surface area contributed by atoms with Crippen molar-refractivity contribution >= 4 is 32.6 Å². The Morgan fingerprint density at radius 3 is 2.74 bits per heavy atom. The number of halogens is 1. The molecule has 1 aromatic carbocycles. The fourth-order valence-corrected chi connectivity index (χ4v) is 4.03. The summed E-state index contributed by atoms with van der Waals surface area (Å²) in [5, 5.41) is 0.828. The zero-order chi connectivity index (χ0) is 14.0. The number of ether oxygens (including phenoxy) is 1. The Bertz CT molecular complexity index is 495. The van der Waals surface area contributed by atoms with E-state index >= 15 is 0 Å². The summed E-state index contributed by atoms with van der Waals surface area (Å²) in [6.45, 7) is 0.337. The fourth-order valence-electron chi connectivity index (χ4n) is 1.99. The molecule has 7 heteroatoms. The molecule has 0 aromatic heterocycles. The number of nitrogens with zero attached hydrogens (tertiary/aromatic N) is 1. The van der Waals surface area contributed by atoms with Crippen LogP contribution in [0.25, 0.3) is 0 Å². The number of alkyl halides is 1. The van der Waals surface area contributed by atoms with Gasteiger partial charge in [0.1, 0.15) is 5.75 Å². The second-order valence-electron chi connectivity index (χ2n) is 4.18. The standard InChI is InChI=1S/C12H16BrNO4S/c1-18-9-4-5-11-10(8-9)12(15)14(19(11,16)17)7-3-2-6-13/h4-5,8,16-17H,2-3,6-7H2,1H3. The second-order valence-corrected chi connectivity index (χ2v) is 6.90. The van der Waals surface area contributed by atoms with Crippen LogP contribution in [0.5, 0.6) is 5.75 Å². The molecule has 1 amide bonds. The maximum Gasteiger partial charge on any atom is 0.274 e. The van der Waals surface area contributed by atoms with Crippen LogP contribution >= 0.6 is 26.7 Å². The number of hydrogen-bond donors (Lipinski definition) is 2. The molecule has 19 heavy (non-hydrogen) atoms. The van der Waals surface area contributed by atoms with Crippen LogP contribution in [-0.2, 0) is 0 Å². The maximum absolute atomic E-state index is 12.2. The van der Waals surface area contributed by atoms with Crippen molar-refractivity contribution in [1.29, 1.82) is 0 Å². The highest BCUT2D eigenvalue weighted by molar-refractivity contribution is 9.09. The molecule has 0 aliphatic carbocycles. The minimum atomic E-state index is -3.19. The first kappa shape index (κ1) is 14.6. The molecule has 0 unspecified atom stereocenters. The number of hydrogen-bond acceptors (Lipinski definition) is 4. The molecule has 0 radical (unpaired) electrons. The Kier molecular flexibility index (Phi) is 4.39. The van der Waals surface area contributed by atoms with Gasteiger partial charge in [0.15, 0.2) is 0 Å². The van der Waals surface area contributed by atoms with Gasteiger partial charge < -0.3 is 4.74 Å². The quantitative estimate of drug-likeness (QED) is 0.631. The van der Waals surface area contributed by atoms with Gasteiger partial charge in [0.25, 0.3) is 5.91 Å². The summed E-state index contributed by atoms with van der Waals surface area (Å²) < 4.78 is 26.7. The Hall–Kier alpha value is -0.760. The van der Waals surface area contributed by atoms with Gasteiger partial charge in [0.05, 0.1) is 17.6 Å². The Balaban J connectivity index is 2.29. The van der Waals surface area contributed by atoms with Gasteiger partial charge in [-0.25, -0.2) is 4.31 Å². The zero-order valence-corrected chi connectivity index (χ0v) is 12.9. The highest BCUT2D eigenvalue weighted by Gasteiger charge is 2.41. The zero-order valence-electron chi connectivity index (χ0n) is 10.5. The number of rotatable bonds is 5. The fraction of sp³-hybridized carbons (Fsp3) is 0.417. The topological polar surface area (TPSA) is 70.0 Å². The van der Waals surface area contributed by atoms with Gasteiger partial charge in [0.2, 0.25) is 0 Å². The van der Waals surface area contributed by atoms with Gasteiger partial charge in [-0.1, -0.05) is 26.7 Å². The van der Waals surface area contributed by atoms with Crippen LogP contribution in [0.15, 0.2) is 23.1 Å². The predicted octanol–water partition coefficient (Wildman–Crippen LogP) is 3.35. The summed E-state index contributed by atoms with van der Waals surface area (Å²) in [4.78, 5) is 12.5. The summed E-state index contributed by atoms with van der Waals surface area (Å²) in [6, 6.07) is 4.73. The van der Waals surface area contributed by atoms with Crippen molar-refractivity contribution in [2.24, 2.45) is 0 Å². The van der Waals surface area contributed by atoms with Crippen molar-refractivity contribution in [3.05, 3.63) is 23.8 Å². The van der Waals surface area contributed by atoms with Gasteiger partial charge in [0, 0.05) is 11.9 Å². The van der Waals surface area contributed by atoms with Crippen molar-refractivity contribution in [2.45, 2.75) is 17.7 Å². The van der Waals surface area contributed by atoms with Gasteiger partial charge >= 0.3 is 0 Å². The number of methoxy groups -OCH3 is 1. The number of carbonyl (C=O) groups is 1. The molecule has 2 rings (SSSR count). The van der Waals surface area contributed by atoms with Crippen LogP contribution in [-0.4, -0.2) is 38.3 Å². The highest BCUT2D eigenvalue weighted by atomic mass is 79.9. The molecule has 2 N–H and O–H groups in total. The third-order valence-electron chi connectivity index (χ3n) is 2.99. The molecule has 0 fully saturated rings. The van der Waals surface area contributed by atoms with Gasteiger partial charge in [-0.3, -0.25) is 13.9 Å². The lowest BCUT2D eigenvalue weighted by atomic mass is 10.2. The number of benzene rings is 1. The monoisotopic (exact) mass is 349 g/mol. The molecule has 0 saturated heterocycles. The van der Waals surface area contributed by atoms with Crippen LogP contribution in [0.2, 0.25) is 0 Å². The normalized spacial score (nSPS) is 18.3. The van der Waals surface area contributed by atoms with E-state index in [0.29, 0.717) is 17.9 Å². The van der Waals surface area contributed by atoms with Gasteiger partial charge in [-0.15, -0.1) is 0 Å². The number of unbranched alkanes of at least 4 members (excludes halogenated alkanes) is 1. The van der Waals surface area contributed by atoms with Crippen molar-refractivity contribution in [3.63, 3.8) is 0 Å². The largest absolute Gasteiger partial charge is 0.497 e. The van der Waals surface area contributed by atoms with E-state index in [-0.39, 0.29) is 10.8 Å². The molecule has 1 aliphatic heterocycles. The summed E-state index contributed by atoms with van der Waals surface area (Å²) in [7, 11) is -1.68. The highest BCUT2D eigenvalue weighted by Crippen LogP contribution is 2.58. The van der Waals surface area contributed by atoms with Crippen molar-refractivity contribution in [3.8, 4) is 5.75 Å². The van der Waals surface area contributed by atoms with E-state index in [1.165, 1.54) is 11.4 Å². The summed E-state index contributed by atoms with van der Waals surface area (Å²) in [5.41, 5.74) is 0.318. The van der Waals surface area contributed by atoms with Crippen LogP contribution < -0.4 is 4.74 Å². The number of fused-ring (bicyclic) bond motifs is 1. The molecule has 1 aliphatic rings. The first-order valence-electron chi connectivity index (χ1n) is 5.86. The second kappa shape index (κ2) is 5.70. The molecular formula is C12H16BrNO4S. The Labute approximate surface area is 122 Å². The van der Waals surface area contributed by atoms with Gasteiger partial charge in [-0.05, 0) is 31.0 Å². The van der Waals surface area contributed by atoms with E-state index in [0.717, 1.165) is 18.2 Å². The van der Waals surface area contributed by atoms with E-state index in [4.69, 9.17) is 4.74 Å². The molecule has 0 saturated carbocycles. The summed E-state index contributed by atoms with van der Waals surface area (Å²) >= 11 is 3.31. The summed E-state index contributed by atoms with van der Waals surface area (Å²) in [5.74, 6) is 0.188. The first-order valence-corrected chi connectivity index (χ1v) is 8.49. The van der Waals surface area contributed by atoms with Crippen LogP contribution in [0.4, 0.5) is 0 Å². The van der Waals surface area contributed by atoms with Gasteiger partial charge in [-0.2, -0.15) is 0 Å². The lowest BCUT2D eigenvalue weighted by Gasteiger charge is -2.36. The van der Waals surface area contributed by atoms with E-state index in [1.54, 1.807) is 18.2 Å². The van der Waals surface area contributed by atoms with E-state index in [9.17, 15) is 13.9 Å². The van der Waals surface area contributed by atoms with Crippen LogP contribution in [0.3, 0.4) is 0 Å². The van der Waals surface area contributed by atoms with Crippen LogP contribution in [0.1, 0.15) is 23.2 Å². The lowest BCUT2D eigenvalue weighted by molar-refractivity contribution is 0.0861. The van der Waals surface area contributed by atoms with E-state index in [2.05, 4.69) is 15.9 Å². The first-order chi connectivity index (χ1) is 9.02. The average Bonchev–Trinajstić information content (AvgIpc) is 2.59. The summed E-state index contributed by atoms with van der Waals surface area (Å²) in [6.07, 6.45) is 1.59. The van der Waals surface area contributed by atoms with E-state index in [1.807, 2.05) is 0 Å². The molecule has 0 spiro atoms. The molecule has 0 bridgehead atoms. The minimum absolute atomic E-state index is 0.289. The average molecular weight is 350 g/mol. The SMILES string of the molecule is COc1ccc2c(c1)C(=O)N(CCCCBr)S2(O)O. The predicted molar refractivity (Wildman–Crippen MR) is 78.2 cm³/mol. The van der Waals surface area contributed by atoms with Crippen molar-refractivity contribution in [2.75, 3.05) is 19.0 Å². The Morgan fingerprint density at radius 1 is 1.37 bits per heavy atom. The smallest absolute Gasteiger partial charge is 0.274 e. The molecule has 5 nitrogen and oxygen atoms in total. The Morgan fingerprint density at radius 2 is 2.11 bits per heavy atom. The number of amides is 1. The molecule has 106 valence electrons. The third-order valence-corrected chi connectivity index (χ3v) is 5.46. The molecule has 1 aromatic rings. The molecule has 1 heterocycles. The molecular weight excluding hydrogens is 334 g/mol. The van der Waals surface area contributed by atoms with Crippen molar-refractivity contribution in [1.82, 2.24) is 4.31 Å². The lowest BCUT2D eigenvalue weighted by Crippen LogP contribution is -2.28. The third kappa shape index (κ3) is 2.60.